The van der Waals surface area contributed by atoms with Crippen LogP contribution in [0, 0.1) is 27.7 Å². The second kappa shape index (κ2) is 14.7. The van der Waals surface area contributed by atoms with E-state index in [-0.39, 0.29) is 24.8 Å². The van der Waals surface area contributed by atoms with Gasteiger partial charge >= 0.3 is 279 Å². The number of hydrogen-bond donors (Lipinski definition) is 0. The molecular formula is C44H50Cl2Zr. The molecule has 1 fully saturated rings. The number of aryl methyl sites for hydroxylation is 4. The first kappa shape index (κ1) is 36.1. The summed E-state index contributed by atoms with van der Waals surface area (Å²) in [5, 5.41) is 0. The largest absolute Gasteiger partial charge is 1.00 e. The minimum absolute atomic E-state index is 0. The van der Waals surface area contributed by atoms with E-state index in [1.165, 1.54) is 91.3 Å². The number of benzene rings is 4. The first-order valence-electron chi connectivity index (χ1n) is 17.7. The standard InChI is InChI=1S/2C21H23.C2H4.2ClH.Zr/c2*1-4-5-6-17-13-20-16(3)9-12-19(21(20)14-17)18-10-7-15(2)8-11-18;1-2;;;/h2*7-14H,4-6H2,1-3H3;1-2H2;2*1H;/q;;;;;+2/p-2. The van der Waals surface area contributed by atoms with Crippen LogP contribution in [-0.2, 0) is 20.3 Å². The first-order chi connectivity index (χ1) is 21.9. The van der Waals surface area contributed by atoms with Crippen molar-refractivity contribution < 1.29 is 45.1 Å². The fourth-order valence-electron chi connectivity index (χ4n) is 8.84. The molecule has 4 aromatic rings. The van der Waals surface area contributed by atoms with Crippen LogP contribution in [0.4, 0.5) is 0 Å². The number of allylic oxidation sites excluding steroid dienone is 2. The minimum atomic E-state index is -2.82. The Morgan fingerprint density at radius 2 is 0.915 bits per heavy atom. The van der Waals surface area contributed by atoms with Crippen molar-refractivity contribution in [2.24, 2.45) is 0 Å². The summed E-state index contributed by atoms with van der Waals surface area (Å²) in [7, 11) is 0. The smallest absolute Gasteiger partial charge is 1.00 e. The normalized spacial score (nSPS) is 17.7. The summed E-state index contributed by atoms with van der Waals surface area (Å²) in [6.45, 7) is 14.0. The predicted octanol–water partition coefficient (Wildman–Crippen LogP) is 7.22. The molecule has 0 bridgehead atoms. The molecule has 0 amide bonds. The zero-order valence-electron chi connectivity index (χ0n) is 29.2. The molecule has 2 unspecified atom stereocenters. The SMILES string of the molecule is CCCCC1=Cc2c(-c3ccc(C)cc3)ccc(C)c2[CH]1[Zr+2]1([CH]2C(CCCC)=Cc3c(-c4ccc(C)cc4)ccc(C)c32)[CH2][CH2]1.[Cl-].[Cl-]. The van der Waals surface area contributed by atoms with E-state index >= 15 is 0 Å². The van der Waals surface area contributed by atoms with Gasteiger partial charge in [0.25, 0.3) is 0 Å². The molecule has 2 aliphatic carbocycles. The van der Waals surface area contributed by atoms with Gasteiger partial charge in [0, 0.05) is 0 Å². The molecule has 0 N–H and O–H groups in total. The van der Waals surface area contributed by atoms with Crippen molar-refractivity contribution in [3.8, 4) is 22.3 Å². The molecule has 3 heteroatoms. The van der Waals surface area contributed by atoms with Gasteiger partial charge in [-0.05, 0) is 0 Å². The summed E-state index contributed by atoms with van der Waals surface area (Å²) in [4.78, 5) is 0. The summed E-state index contributed by atoms with van der Waals surface area (Å²) in [6, 6.07) is 28.3. The van der Waals surface area contributed by atoms with Crippen molar-refractivity contribution in [2.75, 3.05) is 0 Å². The quantitative estimate of drug-likeness (QED) is 0.161. The van der Waals surface area contributed by atoms with Crippen molar-refractivity contribution in [3.05, 3.63) is 128 Å². The van der Waals surface area contributed by atoms with E-state index in [0.29, 0.717) is 7.25 Å². The van der Waals surface area contributed by atoms with Crippen molar-refractivity contribution in [2.45, 2.75) is 95.6 Å². The molecule has 0 nitrogen and oxygen atoms in total. The molecule has 244 valence electrons. The van der Waals surface area contributed by atoms with Crippen LogP contribution in [0.3, 0.4) is 0 Å². The van der Waals surface area contributed by atoms with Crippen molar-refractivity contribution in [1.82, 2.24) is 0 Å². The summed E-state index contributed by atoms with van der Waals surface area (Å²) in [5.41, 5.74) is 21.5. The molecule has 2 atom stereocenters. The molecule has 0 aromatic heterocycles. The van der Waals surface area contributed by atoms with Crippen LogP contribution in [0.2, 0.25) is 8.26 Å². The first-order valence-corrected chi connectivity index (χ1v) is 24.0. The van der Waals surface area contributed by atoms with Crippen LogP contribution >= 0.6 is 0 Å². The van der Waals surface area contributed by atoms with Gasteiger partial charge < -0.3 is 24.8 Å². The van der Waals surface area contributed by atoms with E-state index < -0.39 is 20.3 Å². The molecule has 1 heterocycles. The number of hydrogen-bond acceptors (Lipinski definition) is 0. The second-order valence-corrected chi connectivity index (χ2v) is 25.9. The maximum Gasteiger partial charge on any atom is -1.00 e. The fraction of sp³-hybridized carbons (Fsp3) is 0.364. The van der Waals surface area contributed by atoms with Gasteiger partial charge in [-0.15, -0.1) is 0 Å². The van der Waals surface area contributed by atoms with E-state index in [1.807, 2.05) is 0 Å². The third-order valence-electron chi connectivity index (χ3n) is 11.3. The van der Waals surface area contributed by atoms with Gasteiger partial charge in [-0.1, -0.05) is 0 Å². The van der Waals surface area contributed by atoms with E-state index in [4.69, 9.17) is 0 Å². The van der Waals surface area contributed by atoms with E-state index in [0.717, 1.165) is 0 Å². The Balaban J connectivity index is 0.00000217. The molecule has 0 saturated carbocycles. The van der Waals surface area contributed by atoms with Crippen LogP contribution in [0.5, 0.6) is 0 Å². The molecule has 1 aliphatic heterocycles. The van der Waals surface area contributed by atoms with E-state index in [1.54, 1.807) is 33.4 Å². The third-order valence-corrected chi connectivity index (χ3v) is 24.3. The van der Waals surface area contributed by atoms with Crippen molar-refractivity contribution in [3.63, 3.8) is 0 Å². The van der Waals surface area contributed by atoms with Crippen LogP contribution in [0.1, 0.15) is 104 Å². The van der Waals surface area contributed by atoms with Gasteiger partial charge in [-0.2, -0.15) is 0 Å². The molecule has 1 saturated heterocycles. The van der Waals surface area contributed by atoms with E-state index in [2.05, 4.69) is 126 Å². The zero-order valence-corrected chi connectivity index (χ0v) is 33.1. The Hall–Kier alpha value is -2.18. The molecule has 47 heavy (non-hydrogen) atoms. The summed E-state index contributed by atoms with van der Waals surface area (Å²) < 4.78 is 4.46. The van der Waals surface area contributed by atoms with Crippen LogP contribution < -0.4 is 24.8 Å². The number of fused-ring (bicyclic) bond motifs is 2. The van der Waals surface area contributed by atoms with Crippen molar-refractivity contribution in [1.29, 1.82) is 0 Å². The average Bonchev–Trinajstić information content (AvgIpc) is 3.57. The van der Waals surface area contributed by atoms with Gasteiger partial charge in [0.05, 0.1) is 0 Å². The predicted molar refractivity (Wildman–Crippen MR) is 193 cm³/mol. The Labute approximate surface area is 301 Å². The van der Waals surface area contributed by atoms with Gasteiger partial charge in [0.1, 0.15) is 0 Å². The second-order valence-electron chi connectivity index (χ2n) is 14.5. The topological polar surface area (TPSA) is 0 Å². The molecule has 4 aromatic carbocycles. The summed E-state index contributed by atoms with van der Waals surface area (Å²) >= 11 is -2.82. The van der Waals surface area contributed by atoms with Gasteiger partial charge in [-0.3, -0.25) is 0 Å². The van der Waals surface area contributed by atoms with Crippen LogP contribution in [-0.4, -0.2) is 0 Å². The third kappa shape index (κ3) is 6.47. The molecule has 0 radical (unpaired) electrons. The Morgan fingerprint density at radius 1 is 0.532 bits per heavy atom. The van der Waals surface area contributed by atoms with Gasteiger partial charge in [-0.25, -0.2) is 0 Å². The zero-order chi connectivity index (χ0) is 31.3. The summed E-state index contributed by atoms with van der Waals surface area (Å²) in [6.07, 6.45) is 13.1. The van der Waals surface area contributed by atoms with E-state index in [9.17, 15) is 0 Å². The average molecular weight is 741 g/mol. The van der Waals surface area contributed by atoms with Gasteiger partial charge in [0.15, 0.2) is 0 Å². The maximum absolute atomic E-state index is 2.82. The molecule has 0 spiro atoms. The minimum Gasteiger partial charge on any atom is -1.00 e. The number of rotatable bonds is 10. The molecular weight excluding hydrogens is 691 g/mol. The Kier molecular flexibility index (Phi) is 11.3. The fourth-order valence-corrected chi connectivity index (χ4v) is 26.9. The Morgan fingerprint density at radius 3 is 1.26 bits per heavy atom. The Bertz CT molecular complexity index is 1670. The number of halogens is 2. The number of unbranched alkanes of at least 4 members (excludes halogenated alkanes) is 2. The van der Waals surface area contributed by atoms with Crippen LogP contribution in [0.25, 0.3) is 34.4 Å². The van der Waals surface area contributed by atoms with Crippen molar-refractivity contribution >= 4 is 12.2 Å². The summed E-state index contributed by atoms with van der Waals surface area (Å²) in [5.74, 6) is 0. The maximum atomic E-state index is 2.70. The molecule has 3 aliphatic rings. The van der Waals surface area contributed by atoms with Crippen LogP contribution in [0.15, 0.2) is 83.9 Å². The molecule has 7 rings (SSSR count). The monoisotopic (exact) mass is 738 g/mol. The van der Waals surface area contributed by atoms with Gasteiger partial charge in [0.2, 0.25) is 0 Å².